The minimum absolute atomic E-state index is 0.000149. The number of nitrogens with zero attached hydrogens (tertiary/aromatic N) is 3. The molecule has 0 unspecified atom stereocenters. The summed E-state index contributed by atoms with van der Waals surface area (Å²) in [6.07, 6.45) is 10.4. The summed E-state index contributed by atoms with van der Waals surface area (Å²) in [4.78, 5) is 20.6. The molecule has 1 N–H and O–H groups in total. The van der Waals surface area contributed by atoms with Gasteiger partial charge in [-0.2, -0.15) is 13.2 Å². The molecule has 1 amide bonds. The van der Waals surface area contributed by atoms with Crippen molar-refractivity contribution < 1.29 is 31.1 Å². The third-order valence-electron chi connectivity index (χ3n) is 8.46. The average molecular weight is 595 g/mol. The van der Waals surface area contributed by atoms with E-state index < -0.39 is 20.2 Å². The summed E-state index contributed by atoms with van der Waals surface area (Å²) in [5, 5.41) is 3.28. The lowest BCUT2D eigenvalue weighted by atomic mass is 9.92. The highest BCUT2D eigenvalue weighted by atomic mass is 32.2. The quantitative estimate of drug-likeness (QED) is 0.437. The summed E-state index contributed by atoms with van der Waals surface area (Å²) in [5.41, 5.74) is -3.72. The second-order valence-corrected chi connectivity index (χ2v) is 13.2. The number of halogens is 3. The van der Waals surface area contributed by atoms with E-state index in [0.29, 0.717) is 23.9 Å². The van der Waals surface area contributed by atoms with Crippen LogP contribution < -0.4 is 15.0 Å². The Hall–Kier alpha value is -3.02. The number of benzene rings is 1. The van der Waals surface area contributed by atoms with Crippen LogP contribution in [0.2, 0.25) is 0 Å². The Morgan fingerprint density at radius 2 is 1.61 bits per heavy atom. The molecule has 0 atom stereocenters. The van der Waals surface area contributed by atoms with Crippen LogP contribution >= 0.6 is 0 Å². The van der Waals surface area contributed by atoms with Gasteiger partial charge in [0.2, 0.25) is 11.8 Å². The molecule has 1 aromatic heterocycles. The molecule has 2 aromatic rings. The van der Waals surface area contributed by atoms with Crippen molar-refractivity contribution in [2.24, 2.45) is 5.92 Å². The number of sulfone groups is 1. The van der Waals surface area contributed by atoms with Gasteiger partial charge in [0.15, 0.2) is 0 Å². The lowest BCUT2D eigenvalue weighted by Gasteiger charge is -2.36. The van der Waals surface area contributed by atoms with E-state index in [2.05, 4.69) is 15.2 Å². The summed E-state index contributed by atoms with van der Waals surface area (Å²) >= 11 is 0. The van der Waals surface area contributed by atoms with Crippen LogP contribution in [0.3, 0.4) is 0 Å². The molecule has 2 saturated carbocycles. The van der Waals surface area contributed by atoms with E-state index in [4.69, 9.17) is 4.74 Å². The van der Waals surface area contributed by atoms with E-state index in [1.807, 2.05) is 17.0 Å². The molecular weight excluding hydrogens is 557 g/mol. The Balaban J connectivity index is 1.07. The molecule has 2 aliphatic carbocycles. The number of carbonyl (C=O) groups is 1. The van der Waals surface area contributed by atoms with Crippen LogP contribution in [0.5, 0.6) is 5.88 Å². The van der Waals surface area contributed by atoms with Gasteiger partial charge >= 0.3 is 5.51 Å². The SMILES string of the molecule is O=C(CC1CCCC1)N1CCN(c2ccnc(OC3CCC(Nc4ccc(S(=O)(=O)C(F)(F)F)cc4)CC3)c2)CC1. The monoisotopic (exact) mass is 594 g/mol. The minimum Gasteiger partial charge on any atom is -0.474 e. The van der Waals surface area contributed by atoms with Crippen molar-refractivity contribution in [1.82, 2.24) is 9.88 Å². The van der Waals surface area contributed by atoms with Gasteiger partial charge in [-0.1, -0.05) is 12.8 Å². The first-order valence-corrected chi connectivity index (χ1v) is 15.9. The molecule has 8 nitrogen and oxygen atoms in total. The van der Waals surface area contributed by atoms with Crippen LogP contribution in [-0.4, -0.2) is 68.0 Å². The number of nitrogens with one attached hydrogen (secondary N) is 1. The number of hydrogen-bond donors (Lipinski definition) is 1. The number of ether oxygens (including phenoxy) is 1. The molecule has 41 heavy (non-hydrogen) atoms. The second-order valence-electron chi connectivity index (χ2n) is 11.3. The van der Waals surface area contributed by atoms with Gasteiger partial charge in [0, 0.05) is 62.3 Å². The van der Waals surface area contributed by atoms with Gasteiger partial charge in [-0.15, -0.1) is 0 Å². The van der Waals surface area contributed by atoms with Gasteiger partial charge in [0.25, 0.3) is 9.84 Å². The molecule has 0 radical (unpaired) electrons. The number of anilines is 2. The first kappa shape index (κ1) is 29.5. The molecule has 0 bridgehead atoms. The zero-order valence-electron chi connectivity index (χ0n) is 23.0. The van der Waals surface area contributed by atoms with Crippen LogP contribution in [0.4, 0.5) is 24.5 Å². The Labute approximate surface area is 239 Å². The smallest absolute Gasteiger partial charge is 0.474 e. The molecule has 224 valence electrons. The fourth-order valence-electron chi connectivity index (χ4n) is 6.06. The van der Waals surface area contributed by atoms with E-state index in [0.717, 1.165) is 69.7 Å². The molecule has 1 aromatic carbocycles. The van der Waals surface area contributed by atoms with Crippen molar-refractivity contribution in [3.63, 3.8) is 0 Å². The molecule has 1 saturated heterocycles. The standard InChI is InChI=1S/C29H37F3N4O4S/c30-29(31,32)41(38,39)26-11-7-23(8-12-26)34-22-5-9-25(10-6-22)40-27-20-24(13-14-33-27)35-15-17-36(18-16-35)28(37)19-21-3-1-2-4-21/h7-8,11-14,20-22,25,34H,1-6,9-10,15-19H2. The van der Waals surface area contributed by atoms with Crippen LogP contribution in [0.1, 0.15) is 57.8 Å². The molecule has 12 heteroatoms. The number of rotatable bonds is 8. The van der Waals surface area contributed by atoms with Crippen molar-refractivity contribution in [3.05, 3.63) is 42.6 Å². The molecule has 1 aliphatic heterocycles. The van der Waals surface area contributed by atoms with E-state index in [-0.39, 0.29) is 18.1 Å². The highest BCUT2D eigenvalue weighted by Gasteiger charge is 2.46. The zero-order chi connectivity index (χ0) is 29.0. The Morgan fingerprint density at radius 1 is 0.951 bits per heavy atom. The van der Waals surface area contributed by atoms with E-state index >= 15 is 0 Å². The second kappa shape index (κ2) is 12.5. The number of pyridine rings is 1. The average Bonchev–Trinajstić information content (AvgIpc) is 3.47. The Morgan fingerprint density at radius 3 is 2.24 bits per heavy atom. The predicted molar refractivity (Wildman–Crippen MR) is 150 cm³/mol. The van der Waals surface area contributed by atoms with Crippen molar-refractivity contribution >= 4 is 27.1 Å². The Bertz CT molecular complexity index is 1280. The number of amides is 1. The molecule has 0 spiro atoms. The van der Waals surface area contributed by atoms with Gasteiger partial charge in [-0.3, -0.25) is 4.79 Å². The maximum absolute atomic E-state index is 12.8. The molecular formula is C29H37F3N4O4S. The number of piperazine rings is 1. The van der Waals surface area contributed by atoms with E-state index in [1.165, 1.54) is 37.8 Å². The van der Waals surface area contributed by atoms with Crippen molar-refractivity contribution in [2.45, 2.75) is 80.3 Å². The van der Waals surface area contributed by atoms with E-state index in [9.17, 15) is 26.4 Å². The summed E-state index contributed by atoms with van der Waals surface area (Å²) in [6, 6.07) is 8.71. The summed E-state index contributed by atoms with van der Waals surface area (Å²) in [5.74, 6) is 1.41. The topological polar surface area (TPSA) is 91.8 Å². The number of carbonyl (C=O) groups excluding carboxylic acids is 1. The van der Waals surface area contributed by atoms with Crippen LogP contribution in [0, 0.1) is 5.92 Å². The van der Waals surface area contributed by atoms with Crippen LogP contribution in [0.15, 0.2) is 47.5 Å². The molecule has 3 aliphatic rings. The third-order valence-corrected chi connectivity index (χ3v) is 9.96. The predicted octanol–water partition coefficient (Wildman–Crippen LogP) is 5.41. The first-order valence-electron chi connectivity index (χ1n) is 14.4. The van der Waals surface area contributed by atoms with Crippen molar-refractivity contribution in [3.8, 4) is 5.88 Å². The highest BCUT2D eigenvalue weighted by molar-refractivity contribution is 7.92. The highest BCUT2D eigenvalue weighted by Crippen LogP contribution is 2.32. The van der Waals surface area contributed by atoms with Crippen LogP contribution in [0.25, 0.3) is 0 Å². The summed E-state index contributed by atoms with van der Waals surface area (Å²) < 4.78 is 67.6. The van der Waals surface area contributed by atoms with Crippen molar-refractivity contribution in [2.75, 3.05) is 36.4 Å². The van der Waals surface area contributed by atoms with Gasteiger partial charge in [-0.05, 0) is 74.8 Å². The van der Waals surface area contributed by atoms with Crippen molar-refractivity contribution in [1.29, 1.82) is 0 Å². The fourth-order valence-corrected chi connectivity index (χ4v) is 6.82. The first-order chi connectivity index (χ1) is 19.6. The molecule has 3 fully saturated rings. The molecule has 2 heterocycles. The van der Waals surface area contributed by atoms with E-state index in [1.54, 1.807) is 6.20 Å². The lowest BCUT2D eigenvalue weighted by molar-refractivity contribution is -0.132. The third kappa shape index (κ3) is 7.25. The normalized spacial score (nSPS) is 22.5. The fraction of sp³-hybridized carbons (Fsp3) is 0.586. The maximum atomic E-state index is 12.8. The van der Waals surface area contributed by atoms with Gasteiger partial charge in [0.05, 0.1) is 4.90 Å². The zero-order valence-corrected chi connectivity index (χ0v) is 23.8. The summed E-state index contributed by atoms with van der Waals surface area (Å²) in [6.45, 7) is 3.00. The minimum atomic E-state index is -5.35. The van der Waals surface area contributed by atoms with Gasteiger partial charge in [-0.25, -0.2) is 13.4 Å². The van der Waals surface area contributed by atoms with Gasteiger partial charge in [0.1, 0.15) is 6.10 Å². The van der Waals surface area contributed by atoms with Crippen LogP contribution in [-0.2, 0) is 14.6 Å². The largest absolute Gasteiger partial charge is 0.501 e. The lowest BCUT2D eigenvalue weighted by Crippen LogP contribution is -2.49. The maximum Gasteiger partial charge on any atom is 0.501 e. The summed E-state index contributed by atoms with van der Waals surface area (Å²) in [7, 11) is -5.35. The number of hydrogen-bond acceptors (Lipinski definition) is 7. The van der Waals surface area contributed by atoms with Gasteiger partial charge < -0.3 is 19.9 Å². The number of aromatic nitrogens is 1. The molecule has 5 rings (SSSR count). The number of alkyl halides is 3. The Kier molecular flexibility index (Phi) is 8.96.